The average Bonchev–Trinajstić information content (AvgIpc) is 2.77. The lowest BCUT2D eigenvalue weighted by molar-refractivity contribution is -0.120. The fourth-order valence-electron chi connectivity index (χ4n) is 1.46. The SMILES string of the molecule is CCC(C)NC(=O)CNC(=O)c1cn(C)nc1OC. The van der Waals surface area contributed by atoms with Crippen molar-refractivity contribution in [3.8, 4) is 5.88 Å². The summed E-state index contributed by atoms with van der Waals surface area (Å²) < 4.78 is 6.46. The second-order valence-electron chi connectivity index (χ2n) is 4.29. The van der Waals surface area contributed by atoms with Crippen molar-refractivity contribution in [1.82, 2.24) is 20.4 Å². The molecule has 0 saturated carbocycles. The number of amides is 2. The number of aryl methyl sites for hydroxylation is 1. The molecule has 1 aromatic rings. The molecule has 0 aliphatic rings. The van der Waals surface area contributed by atoms with E-state index in [-0.39, 0.29) is 30.3 Å². The molecular weight excluding hydrogens is 248 g/mol. The van der Waals surface area contributed by atoms with Crippen molar-refractivity contribution >= 4 is 11.8 Å². The first-order valence-corrected chi connectivity index (χ1v) is 6.13. The van der Waals surface area contributed by atoms with Crippen LogP contribution < -0.4 is 15.4 Å². The molecule has 1 unspecified atom stereocenters. The third-order valence-electron chi connectivity index (χ3n) is 2.66. The van der Waals surface area contributed by atoms with Gasteiger partial charge in [0.05, 0.1) is 13.7 Å². The van der Waals surface area contributed by atoms with Gasteiger partial charge in [-0.3, -0.25) is 14.3 Å². The van der Waals surface area contributed by atoms with E-state index in [1.165, 1.54) is 11.8 Å². The molecule has 2 amide bonds. The molecule has 7 heteroatoms. The molecule has 19 heavy (non-hydrogen) atoms. The smallest absolute Gasteiger partial charge is 0.258 e. The number of hydrogen-bond donors (Lipinski definition) is 2. The minimum absolute atomic E-state index is 0.0682. The Morgan fingerprint density at radius 1 is 1.53 bits per heavy atom. The molecule has 2 N–H and O–H groups in total. The predicted octanol–water partition coefficient (Wildman–Crippen LogP) is 0.0732. The van der Waals surface area contributed by atoms with Crippen LogP contribution in [0.3, 0.4) is 0 Å². The topological polar surface area (TPSA) is 85.3 Å². The van der Waals surface area contributed by atoms with E-state index in [9.17, 15) is 9.59 Å². The summed E-state index contributed by atoms with van der Waals surface area (Å²) in [6.07, 6.45) is 2.39. The first-order chi connectivity index (χ1) is 8.97. The minimum Gasteiger partial charge on any atom is -0.479 e. The maximum atomic E-state index is 11.9. The van der Waals surface area contributed by atoms with Crippen molar-refractivity contribution in [2.45, 2.75) is 26.3 Å². The molecule has 7 nitrogen and oxygen atoms in total. The van der Waals surface area contributed by atoms with E-state index in [1.807, 2.05) is 13.8 Å². The minimum atomic E-state index is -0.385. The first-order valence-electron chi connectivity index (χ1n) is 6.13. The van der Waals surface area contributed by atoms with Gasteiger partial charge < -0.3 is 15.4 Å². The van der Waals surface area contributed by atoms with Crippen molar-refractivity contribution < 1.29 is 14.3 Å². The van der Waals surface area contributed by atoms with Crippen LogP contribution in [-0.4, -0.2) is 41.3 Å². The molecule has 0 spiro atoms. The zero-order valence-electron chi connectivity index (χ0n) is 11.7. The lowest BCUT2D eigenvalue weighted by Crippen LogP contribution is -2.40. The van der Waals surface area contributed by atoms with Crippen molar-refractivity contribution in [3.63, 3.8) is 0 Å². The van der Waals surface area contributed by atoms with Gasteiger partial charge in [0.25, 0.3) is 5.91 Å². The fourth-order valence-corrected chi connectivity index (χ4v) is 1.46. The van der Waals surface area contributed by atoms with E-state index < -0.39 is 0 Å². The van der Waals surface area contributed by atoms with Crippen LogP contribution in [0.15, 0.2) is 6.20 Å². The predicted molar refractivity (Wildman–Crippen MR) is 70.0 cm³/mol. The molecule has 0 bridgehead atoms. The molecule has 0 saturated heterocycles. The van der Waals surface area contributed by atoms with Gasteiger partial charge in [-0.05, 0) is 13.3 Å². The normalized spacial score (nSPS) is 11.8. The van der Waals surface area contributed by atoms with Crippen LogP contribution in [0.2, 0.25) is 0 Å². The molecule has 0 aliphatic carbocycles. The van der Waals surface area contributed by atoms with Gasteiger partial charge in [-0.2, -0.15) is 0 Å². The Hall–Kier alpha value is -2.05. The molecule has 0 aliphatic heterocycles. The van der Waals surface area contributed by atoms with Gasteiger partial charge in [0, 0.05) is 19.3 Å². The van der Waals surface area contributed by atoms with Crippen molar-refractivity contribution in [2.24, 2.45) is 7.05 Å². The molecular formula is C12H20N4O3. The number of nitrogens with one attached hydrogen (secondary N) is 2. The Kier molecular flexibility index (Phi) is 5.35. The quantitative estimate of drug-likeness (QED) is 0.764. The van der Waals surface area contributed by atoms with Crippen molar-refractivity contribution in [2.75, 3.05) is 13.7 Å². The average molecular weight is 268 g/mol. The largest absolute Gasteiger partial charge is 0.479 e. The number of hydrogen-bond acceptors (Lipinski definition) is 4. The number of ether oxygens (including phenoxy) is 1. The standard InChI is InChI=1S/C12H20N4O3/c1-5-8(2)14-10(17)6-13-11(18)9-7-16(3)15-12(9)19-4/h7-8H,5-6H2,1-4H3,(H,13,18)(H,14,17). The zero-order chi connectivity index (χ0) is 14.4. The van der Waals surface area contributed by atoms with Gasteiger partial charge in [-0.25, -0.2) is 0 Å². The highest BCUT2D eigenvalue weighted by molar-refractivity contribution is 5.98. The Bertz CT molecular complexity index is 456. The number of carbonyl (C=O) groups excluding carboxylic acids is 2. The summed E-state index contributed by atoms with van der Waals surface area (Å²) in [5.41, 5.74) is 0.307. The molecule has 1 atom stereocenters. The van der Waals surface area contributed by atoms with Gasteiger partial charge in [-0.1, -0.05) is 6.92 Å². The molecule has 1 rings (SSSR count). The van der Waals surface area contributed by atoms with Crippen LogP contribution in [0.5, 0.6) is 5.88 Å². The molecule has 0 aromatic carbocycles. The number of methoxy groups -OCH3 is 1. The second kappa shape index (κ2) is 6.77. The maximum absolute atomic E-state index is 11.9. The van der Waals surface area contributed by atoms with Crippen LogP contribution >= 0.6 is 0 Å². The lowest BCUT2D eigenvalue weighted by Gasteiger charge is -2.11. The third-order valence-corrected chi connectivity index (χ3v) is 2.66. The van der Waals surface area contributed by atoms with Gasteiger partial charge in [0.1, 0.15) is 5.56 Å². The first kappa shape index (κ1) is 15.0. The summed E-state index contributed by atoms with van der Waals surface area (Å²) in [6, 6.07) is 0.0948. The van der Waals surface area contributed by atoms with E-state index in [4.69, 9.17) is 4.74 Å². The Morgan fingerprint density at radius 2 is 2.21 bits per heavy atom. The number of carbonyl (C=O) groups is 2. The monoisotopic (exact) mass is 268 g/mol. The number of nitrogens with zero attached hydrogens (tertiary/aromatic N) is 2. The van der Waals surface area contributed by atoms with Gasteiger partial charge in [0.2, 0.25) is 11.8 Å². The van der Waals surface area contributed by atoms with Crippen LogP contribution in [0.4, 0.5) is 0 Å². The highest BCUT2D eigenvalue weighted by Crippen LogP contribution is 2.13. The van der Waals surface area contributed by atoms with E-state index in [2.05, 4.69) is 15.7 Å². The van der Waals surface area contributed by atoms with E-state index in [1.54, 1.807) is 13.2 Å². The van der Waals surface area contributed by atoms with Gasteiger partial charge in [0.15, 0.2) is 0 Å². The third kappa shape index (κ3) is 4.27. The van der Waals surface area contributed by atoms with Crippen LogP contribution in [0.1, 0.15) is 30.6 Å². The Balaban J connectivity index is 2.53. The highest BCUT2D eigenvalue weighted by atomic mass is 16.5. The van der Waals surface area contributed by atoms with Gasteiger partial charge >= 0.3 is 0 Å². The highest BCUT2D eigenvalue weighted by Gasteiger charge is 2.17. The Labute approximate surface area is 112 Å². The summed E-state index contributed by atoms with van der Waals surface area (Å²) in [7, 11) is 3.13. The molecule has 106 valence electrons. The van der Waals surface area contributed by atoms with Gasteiger partial charge in [-0.15, -0.1) is 5.10 Å². The molecule has 1 aromatic heterocycles. The number of aromatic nitrogens is 2. The van der Waals surface area contributed by atoms with Crippen molar-refractivity contribution in [3.05, 3.63) is 11.8 Å². The fraction of sp³-hybridized carbons (Fsp3) is 0.583. The van der Waals surface area contributed by atoms with Crippen LogP contribution in [0, 0.1) is 0 Å². The summed E-state index contributed by atoms with van der Waals surface area (Å²) in [5, 5.41) is 9.27. The van der Waals surface area contributed by atoms with Crippen molar-refractivity contribution in [1.29, 1.82) is 0 Å². The lowest BCUT2D eigenvalue weighted by atomic mass is 10.2. The van der Waals surface area contributed by atoms with Crippen LogP contribution in [-0.2, 0) is 11.8 Å². The maximum Gasteiger partial charge on any atom is 0.258 e. The summed E-state index contributed by atoms with van der Waals surface area (Å²) in [6.45, 7) is 3.81. The van der Waals surface area contributed by atoms with E-state index in [0.29, 0.717) is 5.56 Å². The van der Waals surface area contributed by atoms with Crippen LogP contribution in [0.25, 0.3) is 0 Å². The summed E-state index contributed by atoms with van der Waals surface area (Å²) in [5.74, 6) is -0.364. The summed E-state index contributed by atoms with van der Waals surface area (Å²) in [4.78, 5) is 23.4. The molecule has 0 radical (unpaired) electrons. The molecule has 0 fully saturated rings. The summed E-state index contributed by atoms with van der Waals surface area (Å²) >= 11 is 0. The van der Waals surface area contributed by atoms with E-state index in [0.717, 1.165) is 6.42 Å². The molecule has 1 heterocycles. The Morgan fingerprint density at radius 3 is 2.79 bits per heavy atom. The zero-order valence-corrected chi connectivity index (χ0v) is 11.7. The number of rotatable bonds is 6. The van der Waals surface area contributed by atoms with E-state index >= 15 is 0 Å². The second-order valence-corrected chi connectivity index (χ2v) is 4.29.